The van der Waals surface area contributed by atoms with Crippen molar-refractivity contribution in [1.29, 1.82) is 0 Å². The van der Waals surface area contributed by atoms with Crippen LogP contribution in [0, 0.1) is 0 Å². The Labute approximate surface area is 94.6 Å². The number of halogens is 2. The van der Waals surface area contributed by atoms with Crippen LogP contribution in [0.25, 0.3) is 0 Å². The lowest BCUT2D eigenvalue weighted by atomic mass is 9.94. The zero-order chi connectivity index (χ0) is 11.9. The topological polar surface area (TPSA) is 17.8 Å². The SMILES string of the molecule is CC(C)n1nc(C(C)(F)F)c2c1CCCC2. The fourth-order valence-corrected chi connectivity index (χ4v) is 2.41. The Hall–Kier alpha value is -0.930. The Morgan fingerprint density at radius 1 is 1.25 bits per heavy atom. The molecule has 2 rings (SSSR count). The lowest BCUT2D eigenvalue weighted by Gasteiger charge is -2.16. The molecule has 0 saturated carbocycles. The summed E-state index contributed by atoms with van der Waals surface area (Å²) in [6.45, 7) is 4.91. The molecular formula is C12H18F2N2. The van der Waals surface area contributed by atoms with E-state index in [9.17, 15) is 8.78 Å². The number of hydrogen-bond acceptors (Lipinski definition) is 1. The summed E-state index contributed by atoms with van der Waals surface area (Å²) in [6, 6.07) is 0.156. The highest BCUT2D eigenvalue weighted by Crippen LogP contribution is 2.35. The van der Waals surface area contributed by atoms with E-state index in [1.807, 2.05) is 13.8 Å². The van der Waals surface area contributed by atoms with Crippen LogP contribution < -0.4 is 0 Å². The first-order valence-corrected chi connectivity index (χ1v) is 5.90. The summed E-state index contributed by atoms with van der Waals surface area (Å²) in [5, 5.41) is 4.13. The highest BCUT2D eigenvalue weighted by Gasteiger charge is 2.35. The average Bonchev–Trinajstić information content (AvgIpc) is 2.56. The lowest BCUT2D eigenvalue weighted by Crippen LogP contribution is -2.12. The molecule has 0 amide bonds. The Morgan fingerprint density at radius 3 is 2.44 bits per heavy atom. The van der Waals surface area contributed by atoms with Crippen molar-refractivity contribution in [2.75, 3.05) is 0 Å². The van der Waals surface area contributed by atoms with Crippen molar-refractivity contribution in [3.63, 3.8) is 0 Å². The van der Waals surface area contributed by atoms with Crippen molar-refractivity contribution in [2.45, 2.75) is 58.4 Å². The number of rotatable bonds is 2. The van der Waals surface area contributed by atoms with E-state index in [4.69, 9.17) is 0 Å². The molecule has 0 unspecified atom stereocenters. The molecule has 0 atom stereocenters. The summed E-state index contributed by atoms with van der Waals surface area (Å²) in [4.78, 5) is 0. The van der Waals surface area contributed by atoms with Crippen LogP contribution >= 0.6 is 0 Å². The predicted octanol–water partition coefficient (Wildman–Crippen LogP) is 3.45. The Morgan fingerprint density at radius 2 is 1.88 bits per heavy atom. The van der Waals surface area contributed by atoms with Crippen LogP contribution in [-0.2, 0) is 18.8 Å². The molecule has 0 aliphatic heterocycles. The summed E-state index contributed by atoms with van der Waals surface area (Å²) in [7, 11) is 0. The molecule has 0 bridgehead atoms. The van der Waals surface area contributed by atoms with Crippen LogP contribution in [0.4, 0.5) is 8.78 Å². The second-order valence-corrected chi connectivity index (χ2v) is 4.91. The summed E-state index contributed by atoms with van der Waals surface area (Å²) >= 11 is 0. The highest BCUT2D eigenvalue weighted by atomic mass is 19.3. The van der Waals surface area contributed by atoms with E-state index in [1.54, 1.807) is 4.68 Å². The zero-order valence-corrected chi connectivity index (χ0v) is 10.1. The van der Waals surface area contributed by atoms with Gasteiger partial charge in [0, 0.05) is 24.2 Å². The third kappa shape index (κ3) is 1.85. The zero-order valence-electron chi connectivity index (χ0n) is 10.1. The first-order chi connectivity index (χ1) is 7.41. The van der Waals surface area contributed by atoms with Crippen molar-refractivity contribution in [1.82, 2.24) is 9.78 Å². The summed E-state index contributed by atoms with van der Waals surface area (Å²) in [5.74, 6) is -2.82. The lowest BCUT2D eigenvalue weighted by molar-refractivity contribution is 0.0110. The van der Waals surface area contributed by atoms with Gasteiger partial charge in [-0.25, -0.2) is 0 Å². The fraction of sp³-hybridized carbons (Fsp3) is 0.750. The van der Waals surface area contributed by atoms with Gasteiger partial charge in [0.05, 0.1) is 0 Å². The standard InChI is InChI=1S/C12H18F2N2/c1-8(2)16-10-7-5-4-6-9(10)11(15-16)12(3,13)14/h8H,4-7H2,1-3H3. The van der Waals surface area contributed by atoms with Crippen molar-refractivity contribution in [3.05, 3.63) is 17.0 Å². The van der Waals surface area contributed by atoms with Crippen LogP contribution in [-0.4, -0.2) is 9.78 Å². The first kappa shape index (κ1) is 11.6. The van der Waals surface area contributed by atoms with Crippen LogP contribution in [0.1, 0.15) is 56.6 Å². The largest absolute Gasteiger partial charge is 0.289 e. The van der Waals surface area contributed by atoms with Crippen LogP contribution in [0.15, 0.2) is 0 Å². The van der Waals surface area contributed by atoms with Gasteiger partial charge in [-0.15, -0.1) is 0 Å². The van der Waals surface area contributed by atoms with Crippen molar-refractivity contribution >= 4 is 0 Å². The molecule has 1 aliphatic carbocycles. The minimum atomic E-state index is -2.82. The van der Waals surface area contributed by atoms with Crippen molar-refractivity contribution in [2.24, 2.45) is 0 Å². The monoisotopic (exact) mass is 228 g/mol. The number of fused-ring (bicyclic) bond motifs is 1. The Kier molecular flexibility index (Phi) is 2.76. The van der Waals surface area contributed by atoms with Gasteiger partial charge in [-0.05, 0) is 39.5 Å². The van der Waals surface area contributed by atoms with E-state index in [0.29, 0.717) is 0 Å². The second kappa shape index (κ2) is 3.82. The molecule has 4 heteroatoms. The number of nitrogens with zero attached hydrogens (tertiary/aromatic N) is 2. The fourth-order valence-electron chi connectivity index (χ4n) is 2.41. The van der Waals surface area contributed by atoms with Gasteiger partial charge in [0.25, 0.3) is 5.92 Å². The molecule has 0 saturated heterocycles. The molecule has 0 aromatic carbocycles. The van der Waals surface area contributed by atoms with E-state index < -0.39 is 5.92 Å². The van der Waals surface area contributed by atoms with Gasteiger partial charge in [-0.2, -0.15) is 13.9 Å². The van der Waals surface area contributed by atoms with Crippen LogP contribution in [0.3, 0.4) is 0 Å². The van der Waals surface area contributed by atoms with E-state index >= 15 is 0 Å². The van der Waals surface area contributed by atoms with Gasteiger partial charge < -0.3 is 0 Å². The number of alkyl halides is 2. The minimum Gasteiger partial charge on any atom is -0.266 e. The molecule has 0 fully saturated rings. The van der Waals surface area contributed by atoms with E-state index in [2.05, 4.69) is 5.10 Å². The van der Waals surface area contributed by atoms with Gasteiger partial charge in [0.15, 0.2) is 0 Å². The van der Waals surface area contributed by atoms with Gasteiger partial charge >= 0.3 is 0 Å². The van der Waals surface area contributed by atoms with Gasteiger partial charge in [-0.1, -0.05) is 0 Å². The van der Waals surface area contributed by atoms with Crippen molar-refractivity contribution < 1.29 is 8.78 Å². The summed E-state index contributed by atoms with van der Waals surface area (Å²) in [5.41, 5.74) is 1.82. The smallest absolute Gasteiger partial charge is 0.266 e. The normalized spacial score (nSPS) is 16.6. The van der Waals surface area contributed by atoms with E-state index in [-0.39, 0.29) is 11.7 Å². The molecule has 90 valence electrons. The maximum atomic E-state index is 13.4. The number of hydrogen-bond donors (Lipinski definition) is 0. The highest BCUT2D eigenvalue weighted by molar-refractivity contribution is 5.31. The molecule has 0 spiro atoms. The van der Waals surface area contributed by atoms with Crippen LogP contribution in [0.5, 0.6) is 0 Å². The molecular weight excluding hydrogens is 210 g/mol. The predicted molar refractivity (Wildman–Crippen MR) is 58.8 cm³/mol. The quantitative estimate of drug-likeness (QED) is 0.758. The molecule has 0 N–H and O–H groups in total. The third-order valence-electron chi connectivity index (χ3n) is 3.11. The second-order valence-electron chi connectivity index (χ2n) is 4.91. The molecule has 1 aromatic heterocycles. The van der Waals surface area contributed by atoms with Crippen LogP contribution in [0.2, 0.25) is 0 Å². The molecule has 1 heterocycles. The maximum absolute atomic E-state index is 13.4. The van der Waals surface area contributed by atoms with E-state index in [0.717, 1.165) is 43.9 Å². The number of aromatic nitrogens is 2. The molecule has 16 heavy (non-hydrogen) atoms. The van der Waals surface area contributed by atoms with Gasteiger partial charge in [-0.3, -0.25) is 4.68 Å². The Balaban J connectivity index is 2.55. The molecule has 0 radical (unpaired) electrons. The van der Waals surface area contributed by atoms with Gasteiger partial charge in [0.2, 0.25) is 0 Å². The molecule has 1 aliphatic rings. The third-order valence-corrected chi connectivity index (χ3v) is 3.11. The molecule has 2 nitrogen and oxygen atoms in total. The molecule has 1 aromatic rings. The first-order valence-electron chi connectivity index (χ1n) is 5.90. The average molecular weight is 228 g/mol. The summed E-state index contributed by atoms with van der Waals surface area (Å²) < 4.78 is 28.7. The minimum absolute atomic E-state index is 0.00380. The van der Waals surface area contributed by atoms with E-state index in [1.165, 1.54) is 0 Å². The van der Waals surface area contributed by atoms with Crippen molar-refractivity contribution in [3.8, 4) is 0 Å². The Bertz CT molecular complexity index is 388. The summed E-state index contributed by atoms with van der Waals surface area (Å²) in [6.07, 6.45) is 3.72. The van der Waals surface area contributed by atoms with Gasteiger partial charge in [0.1, 0.15) is 5.69 Å². The maximum Gasteiger partial charge on any atom is 0.289 e.